The van der Waals surface area contributed by atoms with Crippen LogP contribution in [-0.2, 0) is 4.79 Å². The second-order valence-corrected chi connectivity index (χ2v) is 6.56. The molecule has 0 fully saturated rings. The van der Waals surface area contributed by atoms with E-state index in [0.717, 1.165) is 0 Å². The van der Waals surface area contributed by atoms with Gasteiger partial charge in [0.05, 0.1) is 21.2 Å². The van der Waals surface area contributed by atoms with Gasteiger partial charge in [0.25, 0.3) is 5.91 Å². The number of amides is 1. The molecule has 0 bridgehead atoms. The van der Waals surface area contributed by atoms with Crippen LogP contribution in [0, 0.1) is 17.1 Å². The summed E-state index contributed by atoms with van der Waals surface area (Å²) in [7, 11) is 0. The fourth-order valence-corrected chi connectivity index (χ4v) is 3.46. The van der Waals surface area contributed by atoms with Gasteiger partial charge in [-0.2, -0.15) is 5.26 Å². The molecular weight excluding hydrogens is 455 g/mol. The third kappa shape index (κ3) is 4.91. The van der Waals surface area contributed by atoms with E-state index in [4.69, 9.17) is 4.74 Å². The molecule has 25 heavy (non-hydrogen) atoms. The molecule has 2 rings (SSSR count). The molecule has 0 atom stereocenters. The van der Waals surface area contributed by atoms with Gasteiger partial charge in [0, 0.05) is 0 Å². The lowest BCUT2D eigenvalue weighted by Crippen LogP contribution is -2.14. The Morgan fingerprint density at radius 1 is 1.32 bits per heavy atom. The zero-order valence-electron chi connectivity index (χ0n) is 13.1. The lowest BCUT2D eigenvalue weighted by molar-refractivity contribution is -0.112. The van der Waals surface area contributed by atoms with Gasteiger partial charge in [-0.3, -0.25) is 4.79 Å². The third-order valence-electron chi connectivity index (χ3n) is 3.11. The van der Waals surface area contributed by atoms with Crippen LogP contribution in [0.15, 0.2) is 50.9 Å². The summed E-state index contributed by atoms with van der Waals surface area (Å²) >= 11 is 6.79. The van der Waals surface area contributed by atoms with Crippen LogP contribution in [0.2, 0.25) is 0 Å². The van der Waals surface area contributed by atoms with Crippen molar-refractivity contribution in [2.75, 3.05) is 11.9 Å². The fourth-order valence-electron chi connectivity index (χ4n) is 2.01. The molecule has 2 aromatic rings. The first-order chi connectivity index (χ1) is 12.0. The molecule has 0 saturated carbocycles. The summed E-state index contributed by atoms with van der Waals surface area (Å²) < 4.78 is 20.5. The van der Waals surface area contributed by atoms with Crippen molar-refractivity contribution in [2.24, 2.45) is 0 Å². The average Bonchev–Trinajstić information content (AvgIpc) is 2.58. The smallest absolute Gasteiger partial charge is 0.266 e. The zero-order chi connectivity index (χ0) is 18.4. The maximum atomic E-state index is 13.6. The number of anilines is 1. The number of hydrogen-bond acceptors (Lipinski definition) is 3. The minimum Gasteiger partial charge on any atom is -0.492 e. The van der Waals surface area contributed by atoms with Crippen molar-refractivity contribution < 1.29 is 13.9 Å². The van der Waals surface area contributed by atoms with Gasteiger partial charge in [-0.1, -0.05) is 12.1 Å². The number of rotatable bonds is 5. The highest BCUT2D eigenvalue weighted by Gasteiger charge is 2.13. The lowest BCUT2D eigenvalue weighted by Gasteiger charge is -2.10. The summed E-state index contributed by atoms with van der Waals surface area (Å²) in [4.78, 5) is 12.2. The minimum atomic E-state index is -0.686. The monoisotopic (exact) mass is 466 g/mol. The van der Waals surface area contributed by atoms with Crippen molar-refractivity contribution >= 4 is 49.5 Å². The summed E-state index contributed by atoms with van der Waals surface area (Å²) in [5, 5.41) is 11.7. The average molecular weight is 468 g/mol. The summed E-state index contributed by atoms with van der Waals surface area (Å²) in [6.45, 7) is 2.37. The number of halogens is 3. The normalized spacial score (nSPS) is 10.9. The SMILES string of the molecule is CCOc1c(Br)cc(/C=C(/C#N)C(=O)Nc2ccccc2F)cc1Br. The highest BCUT2D eigenvalue weighted by atomic mass is 79.9. The molecule has 0 unspecified atom stereocenters. The Morgan fingerprint density at radius 2 is 1.96 bits per heavy atom. The second-order valence-electron chi connectivity index (χ2n) is 4.85. The standard InChI is InChI=1S/C18H13Br2FN2O2/c1-2-25-17-13(19)8-11(9-14(17)20)7-12(10-22)18(24)23-16-6-4-3-5-15(16)21/h3-9H,2H2,1H3,(H,23,24)/b12-7-. The molecule has 0 spiro atoms. The summed E-state index contributed by atoms with van der Waals surface area (Å²) in [5.74, 6) is -0.623. The third-order valence-corrected chi connectivity index (χ3v) is 4.29. The van der Waals surface area contributed by atoms with E-state index in [1.165, 1.54) is 24.3 Å². The number of nitrogens with zero attached hydrogens (tertiary/aromatic N) is 1. The van der Waals surface area contributed by atoms with Crippen molar-refractivity contribution in [3.05, 3.63) is 62.3 Å². The van der Waals surface area contributed by atoms with Gasteiger partial charge in [0.15, 0.2) is 0 Å². The Labute approximate surface area is 161 Å². The second kappa shape index (κ2) is 8.79. The Morgan fingerprint density at radius 3 is 2.52 bits per heavy atom. The molecule has 0 heterocycles. The molecule has 0 aliphatic rings. The van der Waals surface area contributed by atoms with Crippen LogP contribution in [0.3, 0.4) is 0 Å². The fraction of sp³-hybridized carbons (Fsp3) is 0.111. The molecule has 0 radical (unpaired) electrons. The molecule has 1 amide bonds. The van der Waals surface area contributed by atoms with Gasteiger partial charge in [-0.15, -0.1) is 0 Å². The van der Waals surface area contributed by atoms with Gasteiger partial charge in [-0.25, -0.2) is 4.39 Å². The molecule has 0 aliphatic heterocycles. The zero-order valence-corrected chi connectivity index (χ0v) is 16.3. The maximum Gasteiger partial charge on any atom is 0.266 e. The van der Waals surface area contributed by atoms with Gasteiger partial charge in [0.2, 0.25) is 0 Å². The number of para-hydroxylation sites is 1. The Balaban J connectivity index is 2.30. The predicted molar refractivity (Wildman–Crippen MR) is 102 cm³/mol. The van der Waals surface area contributed by atoms with E-state index in [9.17, 15) is 14.4 Å². The van der Waals surface area contributed by atoms with Crippen LogP contribution >= 0.6 is 31.9 Å². The topological polar surface area (TPSA) is 62.1 Å². The van der Waals surface area contributed by atoms with E-state index in [-0.39, 0.29) is 11.3 Å². The van der Waals surface area contributed by atoms with E-state index in [1.54, 1.807) is 18.2 Å². The van der Waals surface area contributed by atoms with Crippen LogP contribution in [0.25, 0.3) is 6.08 Å². The van der Waals surface area contributed by atoms with Crippen LogP contribution in [0.5, 0.6) is 5.75 Å². The largest absolute Gasteiger partial charge is 0.492 e. The first kappa shape index (κ1) is 19.2. The predicted octanol–water partition coefficient (Wildman–Crippen LogP) is 5.30. The number of nitrogens with one attached hydrogen (secondary N) is 1. The molecule has 2 aromatic carbocycles. The number of carbonyl (C=O) groups excluding carboxylic acids is 1. The van der Waals surface area contributed by atoms with Crippen LogP contribution in [0.1, 0.15) is 12.5 Å². The molecular formula is C18H13Br2FN2O2. The Hall–Kier alpha value is -2.17. The summed E-state index contributed by atoms with van der Waals surface area (Å²) in [6, 6.07) is 11.0. The van der Waals surface area contributed by atoms with Gasteiger partial charge >= 0.3 is 0 Å². The van der Waals surface area contributed by atoms with Gasteiger partial charge in [0.1, 0.15) is 23.2 Å². The summed E-state index contributed by atoms with van der Waals surface area (Å²) in [5.41, 5.74) is 0.483. The molecule has 128 valence electrons. The molecule has 0 aromatic heterocycles. The van der Waals surface area contributed by atoms with E-state index in [2.05, 4.69) is 37.2 Å². The number of ether oxygens (including phenoxy) is 1. The Kier molecular flexibility index (Phi) is 6.73. The van der Waals surface area contributed by atoms with Crippen molar-refractivity contribution in [1.29, 1.82) is 5.26 Å². The molecule has 1 N–H and O–H groups in total. The number of carbonyl (C=O) groups is 1. The van der Waals surface area contributed by atoms with E-state index in [1.807, 2.05) is 13.0 Å². The van der Waals surface area contributed by atoms with Gasteiger partial charge < -0.3 is 10.1 Å². The van der Waals surface area contributed by atoms with Crippen LogP contribution < -0.4 is 10.1 Å². The number of nitriles is 1. The first-order valence-electron chi connectivity index (χ1n) is 7.25. The van der Waals surface area contributed by atoms with Gasteiger partial charge in [-0.05, 0) is 74.7 Å². The first-order valence-corrected chi connectivity index (χ1v) is 8.84. The van der Waals surface area contributed by atoms with Crippen molar-refractivity contribution in [1.82, 2.24) is 0 Å². The minimum absolute atomic E-state index is 0.0164. The van der Waals surface area contributed by atoms with E-state index in [0.29, 0.717) is 26.9 Å². The molecule has 4 nitrogen and oxygen atoms in total. The highest BCUT2D eigenvalue weighted by Crippen LogP contribution is 2.35. The van der Waals surface area contributed by atoms with E-state index < -0.39 is 11.7 Å². The van der Waals surface area contributed by atoms with Crippen molar-refractivity contribution in [3.63, 3.8) is 0 Å². The van der Waals surface area contributed by atoms with Crippen LogP contribution in [-0.4, -0.2) is 12.5 Å². The maximum absolute atomic E-state index is 13.6. The van der Waals surface area contributed by atoms with E-state index >= 15 is 0 Å². The Bertz CT molecular complexity index is 853. The van der Waals surface area contributed by atoms with Crippen molar-refractivity contribution in [3.8, 4) is 11.8 Å². The summed E-state index contributed by atoms with van der Waals surface area (Å²) in [6.07, 6.45) is 1.42. The molecule has 0 aliphatic carbocycles. The molecule has 7 heteroatoms. The number of hydrogen-bond donors (Lipinski definition) is 1. The molecule has 0 saturated heterocycles. The van der Waals surface area contributed by atoms with Crippen molar-refractivity contribution in [2.45, 2.75) is 6.92 Å². The quantitative estimate of drug-likeness (QED) is 0.479. The lowest BCUT2D eigenvalue weighted by atomic mass is 10.1. The number of benzene rings is 2. The van der Waals surface area contributed by atoms with Crippen LogP contribution in [0.4, 0.5) is 10.1 Å². The highest BCUT2D eigenvalue weighted by molar-refractivity contribution is 9.11.